The lowest BCUT2D eigenvalue weighted by atomic mass is 9.91. The van der Waals surface area contributed by atoms with Crippen LogP contribution in [-0.2, 0) is 16.6 Å². The summed E-state index contributed by atoms with van der Waals surface area (Å²) in [6.07, 6.45) is -4.71. The Bertz CT molecular complexity index is 1370. The van der Waals surface area contributed by atoms with Crippen LogP contribution in [-0.4, -0.2) is 25.0 Å². The van der Waals surface area contributed by atoms with Gasteiger partial charge < -0.3 is 20.1 Å². The Hall–Kier alpha value is -4.21. The molecule has 1 atom stereocenters. The molecule has 0 unspecified atom stereocenters. The fourth-order valence-corrected chi connectivity index (χ4v) is 4.68. The van der Waals surface area contributed by atoms with Gasteiger partial charge in [-0.1, -0.05) is 24.3 Å². The molecule has 7 nitrogen and oxygen atoms in total. The molecule has 2 N–H and O–H groups in total. The first kappa shape index (κ1) is 20.4. The second-order valence-electron chi connectivity index (χ2n) is 8.03. The van der Waals surface area contributed by atoms with Crippen molar-refractivity contribution in [3.05, 3.63) is 77.4 Å². The SMILES string of the molecule is O=C1c2ccccc2N[C@]2(C(=O)Nc3c(C(F)(F)F)cccc32)N1c1ccc2c(c1)OCCO2. The average molecular weight is 467 g/mol. The highest BCUT2D eigenvalue weighted by molar-refractivity contribution is 6.22. The van der Waals surface area contributed by atoms with Gasteiger partial charge in [-0.25, -0.2) is 0 Å². The maximum atomic E-state index is 13.8. The average Bonchev–Trinajstić information content (AvgIpc) is 3.09. The number of benzene rings is 3. The smallest absolute Gasteiger partial charge is 0.418 e. The number of hydrogen-bond acceptors (Lipinski definition) is 5. The molecule has 0 aromatic heterocycles. The van der Waals surface area contributed by atoms with Crippen LogP contribution in [0.1, 0.15) is 21.5 Å². The van der Waals surface area contributed by atoms with Crippen LogP contribution in [0.4, 0.5) is 30.2 Å². The lowest BCUT2D eigenvalue weighted by Crippen LogP contribution is -2.61. The number of nitrogens with zero attached hydrogens (tertiary/aromatic N) is 1. The largest absolute Gasteiger partial charge is 0.486 e. The Morgan fingerprint density at radius 2 is 1.68 bits per heavy atom. The van der Waals surface area contributed by atoms with Gasteiger partial charge in [0.1, 0.15) is 13.2 Å². The molecule has 0 bridgehead atoms. The molecule has 0 fully saturated rings. The number of carbonyl (C=O) groups excluding carboxylic acids is 2. The Morgan fingerprint density at radius 1 is 0.912 bits per heavy atom. The highest BCUT2D eigenvalue weighted by atomic mass is 19.4. The molecule has 3 heterocycles. The van der Waals surface area contributed by atoms with E-state index in [2.05, 4.69) is 10.6 Å². The summed E-state index contributed by atoms with van der Waals surface area (Å²) in [5.41, 5.74) is -2.47. The molecule has 3 aromatic carbocycles. The summed E-state index contributed by atoms with van der Waals surface area (Å²) < 4.78 is 52.5. The minimum Gasteiger partial charge on any atom is -0.486 e. The van der Waals surface area contributed by atoms with Crippen LogP contribution in [0.15, 0.2) is 60.7 Å². The maximum Gasteiger partial charge on any atom is 0.418 e. The predicted octanol–water partition coefficient (Wildman–Crippen LogP) is 4.35. The van der Waals surface area contributed by atoms with Gasteiger partial charge in [0.05, 0.1) is 22.5 Å². The minimum absolute atomic E-state index is 0.00920. The number of fused-ring (bicyclic) bond motifs is 4. The van der Waals surface area contributed by atoms with E-state index in [1.165, 1.54) is 17.0 Å². The summed E-state index contributed by atoms with van der Waals surface area (Å²) >= 11 is 0. The molecular weight excluding hydrogens is 451 g/mol. The van der Waals surface area contributed by atoms with Gasteiger partial charge in [-0.05, 0) is 30.3 Å². The van der Waals surface area contributed by atoms with E-state index in [1.54, 1.807) is 42.5 Å². The molecule has 10 heteroatoms. The highest BCUT2D eigenvalue weighted by Gasteiger charge is 2.58. The lowest BCUT2D eigenvalue weighted by molar-refractivity contribution is -0.136. The van der Waals surface area contributed by atoms with Gasteiger partial charge in [0, 0.05) is 17.3 Å². The number of para-hydroxylation sites is 2. The highest BCUT2D eigenvalue weighted by Crippen LogP contribution is 2.51. The molecule has 6 rings (SSSR count). The van der Waals surface area contributed by atoms with Crippen molar-refractivity contribution < 1.29 is 32.2 Å². The van der Waals surface area contributed by atoms with Crippen LogP contribution in [0.25, 0.3) is 0 Å². The van der Waals surface area contributed by atoms with Crippen LogP contribution in [0, 0.1) is 0 Å². The Balaban J connectivity index is 1.62. The first-order valence-electron chi connectivity index (χ1n) is 10.4. The first-order chi connectivity index (χ1) is 16.3. The van der Waals surface area contributed by atoms with E-state index in [0.717, 1.165) is 6.07 Å². The zero-order valence-corrected chi connectivity index (χ0v) is 17.4. The fourth-order valence-electron chi connectivity index (χ4n) is 4.68. The van der Waals surface area contributed by atoms with E-state index in [1.807, 2.05) is 0 Å². The third-order valence-electron chi connectivity index (χ3n) is 6.12. The van der Waals surface area contributed by atoms with Crippen LogP contribution in [0.5, 0.6) is 11.5 Å². The van der Waals surface area contributed by atoms with Gasteiger partial charge in [-0.15, -0.1) is 0 Å². The number of rotatable bonds is 1. The predicted molar refractivity (Wildman–Crippen MR) is 116 cm³/mol. The monoisotopic (exact) mass is 467 g/mol. The number of alkyl halides is 3. The molecule has 2 amide bonds. The summed E-state index contributed by atoms with van der Waals surface area (Å²) in [4.78, 5) is 28.5. The zero-order valence-electron chi connectivity index (χ0n) is 17.4. The van der Waals surface area contributed by atoms with Crippen LogP contribution in [0.3, 0.4) is 0 Å². The molecular formula is C24H16F3N3O4. The Morgan fingerprint density at radius 3 is 2.47 bits per heavy atom. The summed E-state index contributed by atoms with van der Waals surface area (Å²) in [7, 11) is 0. The normalized spacial score (nSPS) is 20.5. The van der Waals surface area contributed by atoms with Gasteiger partial charge in [-0.2, -0.15) is 13.2 Å². The molecule has 0 radical (unpaired) electrons. The minimum atomic E-state index is -4.71. The summed E-state index contributed by atoms with van der Waals surface area (Å²) in [6.45, 7) is 0.665. The fraction of sp³-hybridized carbons (Fsp3) is 0.167. The van der Waals surface area contributed by atoms with Crippen LogP contribution >= 0.6 is 0 Å². The van der Waals surface area contributed by atoms with E-state index >= 15 is 0 Å². The summed E-state index contributed by atoms with van der Waals surface area (Å²) in [5.74, 6) is -0.519. The molecule has 0 aliphatic carbocycles. The van der Waals surface area contributed by atoms with E-state index in [0.29, 0.717) is 30.4 Å². The quantitative estimate of drug-likeness (QED) is 0.556. The number of nitrogens with one attached hydrogen (secondary N) is 2. The number of carbonyl (C=O) groups is 2. The second kappa shape index (κ2) is 6.89. The molecule has 3 aromatic rings. The van der Waals surface area contributed by atoms with Crippen molar-refractivity contribution in [2.45, 2.75) is 11.8 Å². The molecule has 0 saturated heterocycles. The van der Waals surface area contributed by atoms with Crippen molar-refractivity contribution in [2.75, 3.05) is 28.7 Å². The molecule has 3 aliphatic heterocycles. The van der Waals surface area contributed by atoms with Gasteiger partial charge in [-0.3, -0.25) is 14.5 Å². The van der Waals surface area contributed by atoms with Crippen molar-refractivity contribution in [1.29, 1.82) is 0 Å². The molecule has 34 heavy (non-hydrogen) atoms. The Labute approximate surface area is 191 Å². The Kier molecular flexibility index (Phi) is 4.14. The molecule has 0 saturated carbocycles. The molecule has 172 valence electrons. The molecule has 3 aliphatic rings. The zero-order chi connectivity index (χ0) is 23.7. The number of hydrogen-bond donors (Lipinski definition) is 2. The van der Waals surface area contributed by atoms with Crippen LogP contribution in [0.2, 0.25) is 0 Å². The van der Waals surface area contributed by atoms with Gasteiger partial charge in [0.2, 0.25) is 5.66 Å². The standard InChI is InChI=1S/C24H16F3N3O4/c25-24(26,27)16-6-3-5-15-20(16)28-22(32)23(15)29-17-7-2-1-4-14(17)21(31)30(23)13-8-9-18-19(12-13)34-11-10-33-18/h1-9,12,29H,10-11H2,(H,28,32)/t23-/m0/s1. The van der Waals surface area contributed by atoms with Crippen molar-refractivity contribution in [3.63, 3.8) is 0 Å². The first-order valence-corrected chi connectivity index (χ1v) is 10.4. The third-order valence-corrected chi connectivity index (χ3v) is 6.12. The van der Waals surface area contributed by atoms with Crippen molar-refractivity contribution >= 4 is 28.9 Å². The maximum absolute atomic E-state index is 13.8. The van der Waals surface area contributed by atoms with E-state index in [-0.39, 0.29) is 22.5 Å². The van der Waals surface area contributed by atoms with Gasteiger partial charge in [0.15, 0.2) is 11.5 Å². The molecule has 1 spiro atoms. The number of amides is 2. The number of halogens is 3. The van der Waals surface area contributed by atoms with Crippen molar-refractivity contribution in [3.8, 4) is 11.5 Å². The van der Waals surface area contributed by atoms with E-state index in [9.17, 15) is 22.8 Å². The summed E-state index contributed by atoms with van der Waals surface area (Å²) in [6, 6.07) is 14.8. The number of anilines is 3. The van der Waals surface area contributed by atoms with Crippen molar-refractivity contribution in [2.24, 2.45) is 0 Å². The second-order valence-corrected chi connectivity index (χ2v) is 8.03. The lowest BCUT2D eigenvalue weighted by Gasteiger charge is -2.44. The number of ether oxygens (including phenoxy) is 2. The van der Waals surface area contributed by atoms with Crippen molar-refractivity contribution in [1.82, 2.24) is 0 Å². The van der Waals surface area contributed by atoms with Gasteiger partial charge >= 0.3 is 6.18 Å². The van der Waals surface area contributed by atoms with Crippen LogP contribution < -0.4 is 25.0 Å². The summed E-state index contributed by atoms with van der Waals surface area (Å²) in [5, 5.41) is 5.44. The van der Waals surface area contributed by atoms with E-state index in [4.69, 9.17) is 9.47 Å². The van der Waals surface area contributed by atoms with E-state index < -0.39 is 29.2 Å². The van der Waals surface area contributed by atoms with Gasteiger partial charge in [0.25, 0.3) is 11.8 Å². The third kappa shape index (κ3) is 2.71. The topological polar surface area (TPSA) is 79.9 Å².